The van der Waals surface area contributed by atoms with Gasteiger partial charge in [0.15, 0.2) is 8.87 Å². The van der Waals surface area contributed by atoms with Crippen molar-refractivity contribution in [3.05, 3.63) is 0 Å². The molecule has 0 saturated heterocycles. The molecular formula is C8H18O2S2. The molecule has 0 spiro atoms. The van der Waals surface area contributed by atoms with Gasteiger partial charge in [-0.2, -0.15) is 0 Å². The van der Waals surface area contributed by atoms with Gasteiger partial charge in [-0.3, -0.25) is 0 Å². The first kappa shape index (κ1) is 12.3. The van der Waals surface area contributed by atoms with Gasteiger partial charge in [0, 0.05) is 12.0 Å². The van der Waals surface area contributed by atoms with Crippen LogP contribution in [0.2, 0.25) is 0 Å². The molecule has 12 heavy (non-hydrogen) atoms. The van der Waals surface area contributed by atoms with Crippen LogP contribution in [0.5, 0.6) is 0 Å². The summed E-state index contributed by atoms with van der Waals surface area (Å²) in [6.07, 6.45) is 7.20. The molecule has 0 unspecified atom stereocenters. The molecule has 0 aromatic rings. The third-order valence-electron chi connectivity index (χ3n) is 1.55. The van der Waals surface area contributed by atoms with Gasteiger partial charge in [0.25, 0.3) is 0 Å². The quantitative estimate of drug-likeness (QED) is 0.478. The predicted octanol–water partition coefficient (Wildman–Crippen LogP) is 2.65. The van der Waals surface area contributed by atoms with Crippen molar-refractivity contribution < 1.29 is 8.42 Å². The van der Waals surface area contributed by atoms with Gasteiger partial charge in [-0.1, -0.05) is 32.6 Å². The number of hydrogen-bond donors (Lipinski definition) is 0. The zero-order valence-electron chi connectivity index (χ0n) is 7.88. The van der Waals surface area contributed by atoms with E-state index in [0.717, 1.165) is 29.4 Å². The van der Waals surface area contributed by atoms with E-state index < -0.39 is 8.87 Å². The summed E-state index contributed by atoms with van der Waals surface area (Å²) in [5.74, 6) is 0.753. The van der Waals surface area contributed by atoms with E-state index >= 15 is 0 Å². The summed E-state index contributed by atoms with van der Waals surface area (Å²) >= 11 is 0. The molecule has 0 aliphatic heterocycles. The minimum Gasteiger partial charge on any atom is -0.218 e. The van der Waals surface area contributed by atoms with Crippen LogP contribution in [0.15, 0.2) is 0 Å². The average Bonchev–Trinajstić information content (AvgIpc) is 1.94. The van der Waals surface area contributed by atoms with Gasteiger partial charge in [0.05, 0.1) is 0 Å². The topological polar surface area (TPSA) is 34.1 Å². The summed E-state index contributed by atoms with van der Waals surface area (Å²) in [4.78, 5) is 0. The van der Waals surface area contributed by atoms with E-state index in [-0.39, 0.29) is 0 Å². The lowest BCUT2D eigenvalue weighted by Crippen LogP contribution is -1.90. The highest BCUT2D eigenvalue weighted by molar-refractivity contribution is 8.71. The lowest BCUT2D eigenvalue weighted by molar-refractivity contribution is 0.615. The Balaban J connectivity index is 3.12. The van der Waals surface area contributed by atoms with Crippen LogP contribution in [0.25, 0.3) is 0 Å². The zero-order valence-corrected chi connectivity index (χ0v) is 9.51. The minimum atomic E-state index is -2.80. The summed E-state index contributed by atoms with van der Waals surface area (Å²) in [7, 11) is -1.74. The van der Waals surface area contributed by atoms with Crippen molar-refractivity contribution in [1.29, 1.82) is 0 Å². The highest BCUT2D eigenvalue weighted by Crippen LogP contribution is 2.13. The Morgan fingerprint density at radius 1 is 1.08 bits per heavy atom. The van der Waals surface area contributed by atoms with E-state index in [1.807, 2.05) is 0 Å². The van der Waals surface area contributed by atoms with Crippen molar-refractivity contribution in [1.82, 2.24) is 0 Å². The Morgan fingerprint density at radius 2 is 1.67 bits per heavy atom. The molecule has 0 aromatic carbocycles. The Labute approximate surface area is 79.4 Å². The van der Waals surface area contributed by atoms with Gasteiger partial charge < -0.3 is 0 Å². The second-order valence-electron chi connectivity index (χ2n) is 2.94. The molecule has 0 radical (unpaired) electrons. The van der Waals surface area contributed by atoms with E-state index in [9.17, 15) is 8.42 Å². The second kappa shape index (κ2) is 6.78. The maximum absolute atomic E-state index is 10.7. The molecule has 0 bridgehead atoms. The van der Waals surface area contributed by atoms with Gasteiger partial charge in [0.2, 0.25) is 0 Å². The molecule has 0 N–H and O–H groups in total. The van der Waals surface area contributed by atoms with Crippen molar-refractivity contribution in [3.8, 4) is 0 Å². The molecule has 0 aromatic heterocycles. The molecule has 2 nitrogen and oxygen atoms in total. The first-order valence-electron chi connectivity index (χ1n) is 4.40. The van der Waals surface area contributed by atoms with Gasteiger partial charge in [-0.15, -0.1) is 0 Å². The summed E-state index contributed by atoms with van der Waals surface area (Å²) in [6.45, 7) is 2.17. The monoisotopic (exact) mass is 210 g/mol. The van der Waals surface area contributed by atoms with Crippen LogP contribution in [0.3, 0.4) is 0 Å². The fraction of sp³-hybridized carbons (Fsp3) is 1.00. The van der Waals surface area contributed by atoms with Crippen LogP contribution < -0.4 is 0 Å². The smallest absolute Gasteiger partial charge is 0.198 e. The normalized spacial score (nSPS) is 11.8. The van der Waals surface area contributed by atoms with E-state index in [1.54, 1.807) is 0 Å². The highest BCUT2D eigenvalue weighted by Gasteiger charge is 2.00. The Kier molecular flexibility index (Phi) is 6.95. The van der Waals surface area contributed by atoms with E-state index in [2.05, 4.69) is 6.92 Å². The number of rotatable bonds is 7. The molecule has 4 heteroatoms. The summed E-state index contributed by atoms with van der Waals surface area (Å²) in [5.41, 5.74) is 0. The maximum atomic E-state index is 10.7. The molecule has 0 heterocycles. The van der Waals surface area contributed by atoms with Crippen molar-refractivity contribution in [2.24, 2.45) is 0 Å². The minimum absolute atomic E-state index is 0.753. The fourth-order valence-corrected chi connectivity index (χ4v) is 2.80. The second-order valence-corrected chi connectivity index (χ2v) is 7.52. The summed E-state index contributed by atoms with van der Waals surface area (Å²) in [5, 5.41) is 0. The average molecular weight is 210 g/mol. The maximum Gasteiger partial charge on any atom is 0.198 e. The molecule has 0 saturated carbocycles. The van der Waals surface area contributed by atoms with Crippen molar-refractivity contribution in [3.63, 3.8) is 0 Å². The van der Waals surface area contributed by atoms with Gasteiger partial charge in [0.1, 0.15) is 0 Å². The summed E-state index contributed by atoms with van der Waals surface area (Å²) < 4.78 is 21.4. The molecule has 0 atom stereocenters. The van der Waals surface area contributed by atoms with Crippen LogP contribution in [0.1, 0.15) is 39.0 Å². The molecule has 0 amide bonds. The largest absolute Gasteiger partial charge is 0.218 e. The first-order valence-corrected chi connectivity index (χ1v) is 7.80. The van der Waals surface area contributed by atoms with E-state index in [0.29, 0.717) is 0 Å². The zero-order chi connectivity index (χ0) is 9.45. The molecule has 0 fully saturated rings. The molecule has 0 aliphatic rings. The highest BCUT2D eigenvalue weighted by atomic mass is 33.1. The van der Waals surface area contributed by atoms with E-state index in [4.69, 9.17) is 0 Å². The Morgan fingerprint density at radius 3 is 2.17 bits per heavy atom. The van der Waals surface area contributed by atoms with Crippen LogP contribution in [0, 0.1) is 0 Å². The van der Waals surface area contributed by atoms with Crippen LogP contribution in [-0.2, 0) is 8.87 Å². The number of unbranched alkanes of at least 4 members (excludes halogenated alkanes) is 4. The van der Waals surface area contributed by atoms with Crippen molar-refractivity contribution in [2.75, 3.05) is 12.0 Å². The number of hydrogen-bond acceptors (Lipinski definition) is 3. The van der Waals surface area contributed by atoms with Gasteiger partial charge >= 0.3 is 0 Å². The SMILES string of the molecule is CCCCCCCSS(C)(=O)=O. The Bertz CT molecular complexity index is 185. The Hall–Kier alpha value is 0.300. The first-order chi connectivity index (χ1) is 5.56. The van der Waals surface area contributed by atoms with Crippen LogP contribution >= 0.6 is 10.8 Å². The summed E-state index contributed by atoms with van der Waals surface area (Å²) in [6, 6.07) is 0. The fourth-order valence-electron chi connectivity index (χ4n) is 0.916. The van der Waals surface area contributed by atoms with Crippen molar-refractivity contribution >= 4 is 19.7 Å². The standard InChI is InChI=1S/C8H18O2S2/c1-3-4-5-6-7-8-11-12(2,9)10/h3-8H2,1-2H3. The van der Waals surface area contributed by atoms with Crippen LogP contribution in [-0.4, -0.2) is 20.4 Å². The lowest BCUT2D eigenvalue weighted by Gasteiger charge is -1.98. The third kappa shape index (κ3) is 10.3. The van der Waals surface area contributed by atoms with Gasteiger partial charge in [-0.05, 0) is 17.2 Å². The molecule has 74 valence electrons. The van der Waals surface area contributed by atoms with Crippen LogP contribution in [0.4, 0.5) is 0 Å². The molecule has 0 rings (SSSR count). The van der Waals surface area contributed by atoms with E-state index in [1.165, 1.54) is 25.5 Å². The molecule has 0 aliphatic carbocycles. The van der Waals surface area contributed by atoms with Gasteiger partial charge in [-0.25, -0.2) is 8.42 Å². The molecular weight excluding hydrogens is 192 g/mol. The van der Waals surface area contributed by atoms with Crippen molar-refractivity contribution in [2.45, 2.75) is 39.0 Å². The lowest BCUT2D eigenvalue weighted by atomic mass is 10.2. The third-order valence-corrected chi connectivity index (χ3v) is 4.21. The predicted molar refractivity (Wildman–Crippen MR) is 56.1 cm³/mol.